The van der Waals surface area contributed by atoms with Crippen LogP contribution in [0.2, 0.25) is 0 Å². The molecule has 1 N–H and O–H groups in total. The van der Waals surface area contributed by atoms with E-state index in [1.54, 1.807) is 16.8 Å². The van der Waals surface area contributed by atoms with Crippen LogP contribution in [0.15, 0.2) is 54.6 Å². The molecule has 2 aromatic rings. The summed E-state index contributed by atoms with van der Waals surface area (Å²) in [6.07, 6.45) is 0.862. The number of nitrogens with zero attached hydrogens (tertiary/aromatic N) is 2. The van der Waals surface area contributed by atoms with Crippen LogP contribution in [0.1, 0.15) is 36.4 Å². The van der Waals surface area contributed by atoms with E-state index < -0.39 is 18.0 Å². The molecule has 5 rings (SSSR count). The number of rotatable bonds is 4. The minimum Gasteiger partial charge on any atom is -0.481 e. The highest BCUT2D eigenvalue weighted by molar-refractivity contribution is 5.92. The van der Waals surface area contributed by atoms with Crippen LogP contribution in [0.4, 0.5) is 10.5 Å². The zero-order valence-electron chi connectivity index (χ0n) is 17.9. The predicted octanol–water partition coefficient (Wildman–Crippen LogP) is 3.84. The van der Waals surface area contributed by atoms with Crippen molar-refractivity contribution in [3.8, 4) is 0 Å². The number of carboxylic acids is 1. The Bertz CT molecular complexity index is 1060. The zero-order chi connectivity index (χ0) is 22.4. The summed E-state index contributed by atoms with van der Waals surface area (Å²) in [6.45, 7) is 0.183. The highest BCUT2D eigenvalue weighted by Gasteiger charge is 2.58. The maximum absolute atomic E-state index is 13.3. The number of hydrogen-bond donors (Lipinski definition) is 1. The minimum absolute atomic E-state index is 0.0128. The fourth-order valence-electron chi connectivity index (χ4n) is 6.09. The lowest BCUT2D eigenvalue weighted by atomic mass is 9.69. The van der Waals surface area contributed by atoms with Gasteiger partial charge in [0, 0.05) is 19.0 Å². The van der Waals surface area contributed by atoms with E-state index in [1.807, 2.05) is 54.6 Å². The molecular formula is C25H26N2O5. The molecule has 1 saturated heterocycles. The van der Waals surface area contributed by atoms with E-state index in [-0.39, 0.29) is 42.9 Å². The number of piperidine rings is 1. The van der Waals surface area contributed by atoms with E-state index in [9.17, 15) is 19.5 Å². The van der Waals surface area contributed by atoms with Crippen LogP contribution in [0.25, 0.3) is 0 Å². The van der Waals surface area contributed by atoms with Gasteiger partial charge in [-0.15, -0.1) is 0 Å². The Kier molecular flexibility index (Phi) is 5.12. The van der Waals surface area contributed by atoms with Gasteiger partial charge in [0.05, 0.1) is 24.1 Å². The second-order valence-electron chi connectivity index (χ2n) is 8.95. The number of fused-ring (bicyclic) bond motifs is 2. The summed E-state index contributed by atoms with van der Waals surface area (Å²) >= 11 is 0. The number of hydrogen-bond acceptors (Lipinski definition) is 4. The zero-order valence-corrected chi connectivity index (χ0v) is 17.9. The lowest BCUT2D eigenvalue weighted by Crippen LogP contribution is -2.58. The Morgan fingerprint density at radius 3 is 2.53 bits per heavy atom. The standard InChI is InChI=1S/C25H26N2O5/c1-26-23-17-9-5-6-10-19(17)27(25(31)32-14-15-7-3-2-4-8-15)20-12-11-16(22(20)23)18(24(26)30)13-21(28)29/h2-10,16,18,20,22-23H,11-14H2,1H3,(H,28,29). The van der Waals surface area contributed by atoms with Gasteiger partial charge in [0.1, 0.15) is 6.61 Å². The molecule has 1 aliphatic carbocycles. The first-order valence-corrected chi connectivity index (χ1v) is 11.0. The summed E-state index contributed by atoms with van der Waals surface area (Å²) < 4.78 is 5.71. The van der Waals surface area contributed by atoms with Gasteiger partial charge in [0.25, 0.3) is 0 Å². The molecule has 166 valence electrons. The summed E-state index contributed by atoms with van der Waals surface area (Å²) in [7, 11) is 1.76. The smallest absolute Gasteiger partial charge is 0.414 e. The van der Waals surface area contributed by atoms with Gasteiger partial charge >= 0.3 is 12.1 Å². The van der Waals surface area contributed by atoms with Crippen molar-refractivity contribution < 1.29 is 24.2 Å². The Hall–Kier alpha value is -3.35. The number of amides is 2. The largest absolute Gasteiger partial charge is 0.481 e. The van der Waals surface area contributed by atoms with E-state index in [0.29, 0.717) is 0 Å². The van der Waals surface area contributed by atoms with Gasteiger partial charge in [-0.25, -0.2) is 4.79 Å². The molecule has 0 spiro atoms. The van der Waals surface area contributed by atoms with Crippen LogP contribution in [0, 0.1) is 17.8 Å². The minimum atomic E-state index is -0.964. The first-order chi connectivity index (χ1) is 15.5. The quantitative estimate of drug-likeness (QED) is 0.790. The third kappa shape index (κ3) is 3.23. The number of aliphatic carboxylic acids is 1. The fraction of sp³-hybridized carbons (Fsp3) is 0.400. The van der Waals surface area contributed by atoms with Crippen molar-refractivity contribution in [2.45, 2.75) is 38.0 Å². The molecule has 2 fully saturated rings. The van der Waals surface area contributed by atoms with Crippen LogP contribution in [-0.4, -0.2) is 41.1 Å². The van der Waals surface area contributed by atoms with Gasteiger partial charge < -0.3 is 14.7 Å². The molecule has 5 unspecified atom stereocenters. The average molecular weight is 434 g/mol. The third-order valence-electron chi connectivity index (χ3n) is 7.34. The number of ether oxygens (including phenoxy) is 1. The fourth-order valence-corrected chi connectivity index (χ4v) is 6.09. The van der Waals surface area contributed by atoms with E-state index in [1.165, 1.54) is 0 Å². The first-order valence-electron chi connectivity index (χ1n) is 11.0. The van der Waals surface area contributed by atoms with Crippen LogP contribution < -0.4 is 4.90 Å². The molecule has 2 heterocycles. The second kappa shape index (κ2) is 7.97. The molecule has 7 nitrogen and oxygen atoms in total. The summed E-state index contributed by atoms with van der Waals surface area (Å²) in [4.78, 5) is 41.4. The number of likely N-dealkylation sites (tertiary alicyclic amines) is 1. The third-order valence-corrected chi connectivity index (χ3v) is 7.34. The van der Waals surface area contributed by atoms with Crippen molar-refractivity contribution in [3.05, 3.63) is 65.7 Å². The number of para-hydroxylation sites is 1. The van der Waals surface area contributed by atoms with Gasteiger partial charge in [0.15, 0.2) is 0 Å². The van der Waals surface area contributed by atoms with Crippen molar-refractivity contribution in [2.75, 3.05) is 11.9 Å². The number of carbonyl (C=O) groups excluding carboxylic acids is 2. The molecule has 2 aromatic carbocycles. The molecule has 1 saturated carbocycles. The molecule has 5 atom stereocenters. The molecule has 0 bridgehead atoms. The van der Waals surface area contributed by atoms with Crippen molar-refractivity contribution in [2.24, 2.45) is 17.8 Å². The number of carboxylic acid groups (broad SMARTS) is 1. The number of carbonyl (C=O) groups is 3. The van der Waals surface area contributed by atoms with Gasteiger partial charge in [-0.2, -0.15) is 0 Å². The van der Waals surface area contributed by atoms with Crippen molar-refractivity contribution >= 4 is 23.7 Å². The highest BCUT2D eigenvalue weighted by Crippen LogP contribution is 2.57. The maximum Gasteiger partial charge on any atom is 0.414 e. The normalized spacial score (nSPS) is 28.2. The summed E-state index contributed by atoms with van der Waals surface area (Å²) in [5.41, 5.74) is 2.61. The molecule has 7 heteroatoms. The Balaban J connectivity index is 1.50. The van der Waals surface area contributed by atoms with Crippen molar-refractivity contribution in [3.63, 3.8) is 0 Å². The Morgan fingerprint density at radius 1 is 1.06 bits per heavy atom. The van der Waals surface area contributed by atoms with Crippen molar-refractivity contribution in [1.82, 2.24) is 4.90 Å². The predicted molar refractivity (Wildman–Crippen MR) is 117 cm³/mol. The van der Waals surface area contributed by atoms with E-state index in [2.05, 4.69) is 0 Å². The van der Waals surface area contributed by atoms with Gasteiger partial charge in [0.2, 0.25) is 5.91 Å². The lowest BCUT2D eigenvalue weighted by Gasteiger charge is -2.52. The first kappa shape index (κ1) is 20.5. The second-order valence-corrected chi connectivity index (χ2v) is 8.95. The van der Waals surface area contributed by atoms with Gasteiger partial charge in [-0.05, 0) is 36.0 Å². The maximum atomic E-state index is 13.3. The summed E-state index contributed by atoms with van der Waals surface area (Å²) in [5.74, 6) is -1.72. The SMILES string of the molecule is CN1C(=O)C(CC(=O)O)C2CCC3C2C1c1ccccc1N3C(=O)OCc1ccccc1. The van der Waals surface area contributed by atoms with Crippen molar-refractivity contribution in [1.29, 1.82) is 0 Å². The molecule has 0 radical (unpaired) electrons. The monoisotopic (exact) mass is 434 g/mol. The highest BCUT2D eigenvalue weighted by atomic mass is 16.6. The molecule has 32 heavy (non-hydrogen) atoms. The van der Waals surface area contributed by atoms with Gasteiger partial charge in [-0.3, -0.25) is 14.5 Å². The van der Waals surface area contributed by atoms with Gasteiger partial charge in [-0.1, -0.05) is 48.5 Å². The molecule has 2 amide bonds. The van der Waals surface area contributed by atoms with Crippen LogP contribution in [-0.2, 0) is 20.9 Å². The van der Waals surface area contributed by atoms with E-state index in [4.69, 9.17) is 4.74 Å². The Morgan fingerprint density at radius 2 is 1.78 bits per heavy atom. The molecular weight excluding hydrogens is 408 g/mol. The van der Waals surface area contributed by atoms with E-state index in [0.717, 1.165) is 29.7 Å². The topological polar surface area (TPSA) is 87.2 Å². The number of anilines is 1. The Labute approximate surface area is 186 Å². The molecule has 3 aliphatic rings. The van der Waals surface area contributed by atoms with Crippen LogP contribution in [0.3, 0.4) is 0 Å². The average Bonchev–Trinajstić information content (AvgIpc) is 3.22. The van der Waals surface area contributed by atoms with Crippen LogP contribution >= 0.6 is 0 Å². The molecule has 2 aliphatic heterocycles. The lowest BCUT2D eigenvalue weighted by molar-refractivity contribution is -0.153. The van der Waals surface area contributed by atoms with E-state index >= 15 is 0 Å². The summed E-state index contributed by atoms with van der Waals surface area (Å²) in [6, 6.07) is 16.9. The summed E-state index contributed by atoms with van der Waals surface area (Å²) in [5, 5.41) is 9.41. The number of benzene rings is 2. The molecule has 0 aromatic heterocycles. The van der Waals surface area contributed by atoms with Crippen LogP contribution in [0.5, 0.6) is 0 Å².